The Balaban J connectivity index is 0.867. The molecule has 0 radical (unpaired) electrons. The van der Waals surface area contributed by atoms with Gasteiger partial charge in [-0.2, -0.15) is 0 Å². The number of aromatic nitrogens is 1. The molecule has 1 aliphatic carbocycles. The average Bonchev–Trinajstić information content (AvgIpc) is 4.00. The van der Waals surface area contributed by atoms with Crippen molar-refractivity contribution in [2.75, 3.05) is 4.90 Å². The fourth-order valence-electron chi connectivity index (χ4n) is 10.7. The molecule has 0 unspecified atom stereocenters. The number of furan rings is 1. The highest BCUT2D eigenvalue weighted by atomic mass is 16.3. The lowest BCUT2D eigenvalue weighted by Crippen LogP contribution is -2.16. The van der Waals surface area contributed by atoms with E-state index in [1.54, 1.807) is 0 Å². The Morgan fingerprint density at radius 3 is 1.71 bits per heavy atom. The van der Waals surface area contributed by atoms with E-state index in [2.05, 4.69) is 242 Å². The molecule has 0 amide bonds. The second kappa shape index (κ2) is 14.8. The SMILES string of the molecule is CC1(C)c2ccccc2-c2ccc(N(c3ccc(-c4ccccc4)cc3)c3ccc(-c4ccc5c(c4)c4ccccc4n5-c4ccc(-c5cccc6c5oc5ccccc56)cc4)cc3)cc21. The zero-order chi connectivity index (χ0) is 43.9. The summed E-state index contributed by atoms with van der Waals surface area (Å²) in [5, 5.41) is 4.74. The van der Waals surface area contributed by atoms with Crippen LogP contribution in [0.3, 0.4) is 0 Å². The molecule has 2 heterocycles. The molecule has 0 saturated carbocycles. The van der Waals surface area contributed by atoms with Crippen LogP contribution in [0.2, 0.25) is 0 Å². The van der Waals surface area contributed by atoms with Crippen molar-refractivity contribution in [2.24, 2.45) is 0 Å². The Morgan fingerprint density at radius 1 is 0.364 bits per heavy atom. The predicted molar refractivity (Wildman–Crippen MR) is 277 cm³/mol. The highest BCUT2D eigenvalue weighted by Gasteiger charge is 2.35. The zero-order valence-electron chi connectivity index (χ0n) is 36.7. The van der Waals surface area contributed by atoms with E-state index in [1.807, 2.05) is 12.1 Å². The van der Waals surface area contributed by atoms with Crippen molar-refractivity contribution in [3.8, 4) is 50.2 Å². The van der Waals surface area contributed by atoms with E-state index >= 15 is 0 Å². The minimum Gasteiger partial charge on any atom is -0.455 e. The molecular formula is C63H44N2O. The molecular weight excluding hydrogens is 801 g/mol. The number of nitrogens with zero attached hydrogens (tertiary/aromatic N) is 2. The molecule has 0 fully saturated rings. The molecule has 0 aliphatic heterocycles. The summed E-state index contributed by atoms with van der Waals surface area (Å²) in [4.78, 5) is 2.40. The van der Waals surface area contributed by atoms with E-state index in [1.165, 1.54) is 66.3 Å². The lowest BCUT2D eigenvalue weighted by molar-refractivity contribution is 0.660. The molecule has 0 atom stereocenters. The number of rotatable bonds is 7. The van der Waals surface area contributed by atoms with Crippen LogP contribution in [0.5, 0.6) is 0 Å². The van der Waals surface area contributed by atoms with Gasteiger partial charge in [-0.05, 0) is 123 Å². The Bertz CT molecular complexity index is 3820. The maximum absolute atomic E-state index is 6.40. The summed E-state index contributed by atoms with van der Waals surface area (Å²) < 4.78 is 8.79. The van der Waals surface area contributed by atoms with Crippen LogP contribution in [0.25, 0.3) is 93.9 Å². The summed E-state index contributed by atoms with van der Waals surface area (Å²) in [7, 11) is 0. The standard InChI is InChI=1S/C63H44N2O/c1-63(2)57-20-9-6-15-51(57)52-37-36-49(40-58(52)63)64(46-30-23-42(24-31-46)41-13-4-3-5-14-41)47-32-25-43(26-33-47)45-29-38-60-56(39-45)53-16-7-10-21-59(53)65(60)48-34-27-44(28-35-48)50-18-12-19-55-54-17-8-11-22-61(54)66-62(50)55/h3-40H,1-2H3. The molecule has 312 valence electrons. The zero-order valence-corrected chi connectivity index (χ0v) is 36.7. The highest BCUT2D eigenvalue weighted by molar-refractivity contribution is 6.11. The third kappa shape index (κ3) is 5.97. The molecule has 3 nitrogen and oxygen atoms in total. The van der Waals surface area contributed by atoms with Crippen LogP contribution in [0.4, 0.5) is 17.1 Å². The van der Waals surface area contributed by atoms with Crippen molar-refractivity contribution in [1.82, 2.24) is 4.57 Å². The largest absolute Gasteiger partial charge is 0.455 e. The van der Waals surface area contributed by atoms with Gasteiger partial charge in [0.05, 0.1) is 11.0 Å². The second-order valence-electron chi connectivity index (χ2n) is 18.1. The topological polar surface area (TPSA) is 21.3 Å². The molecule has 12 aromatic rings. The Labute approximate surface area is 384 Å². The number of hydrogen-bond donors (Lipinski definition) is 0. The van der Waals surface area contributed by atoms with Crippen LogP contribution >= 0.6 is 0 Å². The first-order valence-electron chi connectivity index (χ1n) is 22.8. The first-order chi connectivity index (χ1) is 32.5. The third-order valence-corrected chi connectivity index (χ3v) is 14.0. The lowest BCUT2D eigenvalue weighted by atomic mass is 9.82. The van der Waals surface area contributed by atoms with E-state index < -0.39 is 0 Å². The summed E-state index contributed by atoms with van der Waals surface area (Å²) >= 11 is 0. The lowest BCUT2D eigenvalue weighted by Gasteiger charge is -2.28. The van der Waals surface area contributed by atoms with Crippen molar-refractivity contribution in [2.45, 2.75) is 19.3 Å². The highest BCUT2D eigenvalue weighted by Crippen LogP contribution is 2.51. The van der Waals surface area contributed by atoms with Gasteiger partial charge in [0, 0.05) is 55.3 Å². The molecule has 0 spiro atoms. The quantitative estimate of drug-likeness (QED) is 0.159. The maximum atomic E-state index is 6.40. The van der Waals surface area contributed by atoms with Crippen LogP contribution in [0, 0.1) is 0 Å². The van der Waals surface area contributed by atoms with Gasteiger partial charge < -0.3 is 13.9 Å². The van der Waals surface area contributed by atoms with Crippen LogP contribution in [-0.2, 0) is 5.41 Å². The summed E-state index contributed by atoms with van der Waals surface area (Å²) in [5.74, 6) is 0. The summed E-state index contributed by atoms with van der Waals surface area (Å²) in [5.41, 5.74) is 21.0. The van der Waals surface area contributed by atoms with Crippen molar-refractivity contribution in [1.29, 1.82) is 0 Å². The minimum atomic E-state index is -0.106. The molecule has 66 heavy (non-hydrogen) atoms. The molecule has 0 saturated heterocycles. The second-order valence-corrected chi connectivity index (χ2v) is 18.1. The Morgan fingerprint density at radius 2 is 0.924 bits per heavy atom. The van der Waals surface area contributed by atoms with E-state index in [4.69, 9.17) is 4.42 Å². The van der Waals surface area contributed by atoms with Crippen LogP contribution < -0.4 is 4.90 Å². The van der Waals surface area contributed by atoms with Crippen LogP contribution in [0.15, 0.2) is 235 Å². The molecule has 1 aliphatic rings. The molecule has 0 bridgehead atoms. The smallest absolute Gasteiger partial charge is 0.143 e. The monoisotopic (exact) mass is 844 g/mol. The molecule has 3 heteroatoms. The normalized spacial score (nSPS) is 12.8. The maximum Gasteiger partial charge on any atom is 0.143 e. The van der Waals surface area contributed by atoms with E-state index in [-0.39, 0.29) is 5.41 Å². The van der Waals surface area contributed by atoms with E-state index in [0.717, 1.165) is 55.8 Å². The first-order valence-corrected chi connectivity index (χ1v) is 22.8. The predicted octanol–water partition coefficient (Wildman–Crippen LogP) is 17.5. The van der Waals surface area contributed by atoms with Gasteiger partial charge >= 0.3 is 0 Å². The van der Waals surface area contributed by atoms with Crippen LogP contribution in [-0.4, -0.2) is 4.57 Å². The first kappa shape index (κ1) is 38.1. The van der Waals surface area contributed by atoms with Crippen molar-refractivity contribution < 1.29 is 4.42 Å². The minimum absolute atomic E-state index is 0.106. The number of anilines is 3. The van der Waals surface area contributed by atoms with Gasteiger partial charge in [-0.1, -0.05) is 172 Å². The number of para-hydroxylation sites is 3. The van der Waals surface area contributed by atoms with Crippen molar-refractivity contribution in [3.05, 3.63) is 242 Å². The van der Waals surface area contributed by atoms with Gasteiger partial charge in [-0.25, -0.2) is 0 Å². The summed E-state index contributed by atoms with van der Waals surface area (Å²) in [6.07, 6.45) is 0. The van der Waals surface area contributed by atoms with Gasteiger partial charge in [0.2, 0.25) is 0 Å². The molecule has 13 rings (SSSR count). The number of hydrogen-bond acceptors (Lipinski definition) is 2. The fraction of sp³-hybridized carbons (Fsp3) is 0.0476. The summed E-state index contributed by atoms with van der Waals surface area (Å²) in [6, 6.07) is 83.8. The average molecular weight is 845 g/mol. The van der Waals surface area contributed by atoms with E-state index in [0.29, 0.717) is 0 Å². The Hall–Kier alpha value is -8.40. The fourth-order valence-corrected chi connectivity index (χ4v) is 10.7. The van der Waals surface area contributed by atoms with E-state index in [9.17, 15) is 0 Å². The number of fused-ring (bicyclic) bond motifs is 9. The van der Waals surface area contributed by atoms with Gasteiger partial charge in [0.25, 0.3) is 0 Å². The Kier molecular flexibility index (Phi) is 8.56. The van der Waals surface area contributed by atoms with Crippen molar-refractivity contribution >= 4 is 60.8 Å². The van der Waals surface area contributed by atoms with Gasteiger partial charge in [0.1, 0.15) is 11.2 Å². The molecule has 0 N–H and O–H groups in total. The molecule has 10 aromatic carbocycles. The van der Waals surface area contributed by atoms with Gasteiger partial charge in [-0.15, -0.1) is 0 Å². The van der Waals surface area contributed by atoms with Gasteiger partial charge in [-0.3, -0.25) is 0 Å². The third-order valence-electron chi connectivity index (χ3n) is 14.0. The number of benzene rings is 10. The van der Waals surface area contributed by atoms with Crippen molar-refractivity contribution in [3.63, 3.8) is 0 Å². The summed E-state index contributed by atoms with van der Waals surface area (Å²) in [6.45, 7) is 4.70. The molecule has 2 aromatic heterocycles. The van der Waals surface area contributed by atoms with Gasteiger partial charge in [0.15, 0.2) is 0 Å². The van der Waals surface area contributed by atoms with Crippen LogP contribution in [0.1, 0.15) is 25.0 Å².